The lowest BCUT2D eigenvalue weighted by atomic mass is 10.2. The topological polar surface area (TPSA) is 64.3 Å². The van der Waals surface area contributed by atoms with E-state index in [1.807, 2.05) is 13.0 Å². The van der Waals surface area contributed by atoms with Gasteiger partial charge >= 0.3 is 0 Å². The zero-order chi connectivity index (χ0) is 12.1. The van der Waals surface area contributed by atoms with Gasteiger partial charge in [0.2, 0.25) is 0 Å². The van der Waals surface area contributed by atoms with Crippen molar-refractivity contribution in [2.24, 2.45) is 5.73 Å². The van der Waals surface area contributed by atoms with Gasteiger partial charge in [-0.25, -0.2) is 0 Å². The van der Waals surface area contributed by atoms with E-state index in [1.165, 1.54) is 0 Å². The average molecular weight is 371 g/mol. The van der Waals surface area contributed by atoms with Gasteiger partial charge in [0, 0.05) is 16.2 Å². The van der Waals surface area contributed by atoms with Crippen molar-refractivity contribution in [3.05, 3.63) is 27.3 Å². The number of hydrogen-bond donors (Lipinski definition) is 2. The van der Waals surface area contributed by atoms with E-state index in [2.05, 4.69) is 27.9 Å². The van der Waals surface area contributed by atoms with E-state index in [1.54, 1.807) is 19.2 Å². The van der Waals surface area contributed by atoms with E-state index < -0.39 is 0 Å². The Hall–Kier alpha value is -0.530. The minimum absolute atomic E-state index is 0. The molecule has 0 aliphatic rings. The molecule has 0 spiro atoms. The van der Waals surface area contributed by atoms with Crippen LogP contribution in [0.15, 0.2) is 18.2 Å². The lowest BCUT2D eigenvalue weighted by molar-refractivity contribution is 0.0940. The molecule has 1 aromatic carbocycles. The van der Waals surface area contributed by atoms with Crippen molar-refractivity contribution < 1.29 is 9.53 Å². The van der Waals surface area contributed by atoms with Crippen LogP contribution in [0, 0.1) is 3.57 Å². The van der Waals surface area contributed by atoms with Crippen molar-refractivity contribution >= 4 is 40.9 Å². The van der Waals surface area contributed by atoms with E-state index in [0.29, 0.717) is 12.1 Å². The first-order valence-electron chi connectivity index (χ1n) is 4.93. The molecule has 1 atom stereocenters. The van der Waals surface area contributed by atoms with Crippen molar-refractivity contribution in [1.29, 1.82) is 0 Å². The summed E-state index contributed by atoms with van der Waals surface area (Å²) >= 11 is 2.11. The summed E-state index contributed by atoms with van der Waals surface area (Å²) in [5, 5.41) is 2.81. The molecule has 0 fully saturated rings. The van der Waals surface area contributed by atoms with Crippen molar-refractivity contribution in [2.45, 2.75) is 13.0 Å². The number of amides is 1. The summed E-state index contributed by atoms with van der Waals surface area (Å²) in [4.78, 5) is 11.8. The van der Waals surface area contributed by atoms with E-state index in [-0.39, 0.29) is 24.4 Å². The molecular weight excluding hydrogens is 354 g/mol. The summed E-state index contributed by atoms with van der Waals surface area (Å²) < 4.78 is 5.94. The molecule has 96 valence electrons. The van der Waals surface area contributed by atoms with Gasteiger partial charge in [-0.15, -0.1) is 12.4 Å². The van der Waals surface area contributed by atoms with Gasteiger partial charge in [0.25, 0.3) is 5.91 Å². The SMILES string of the molecule is COc1ccc(C(=O)N[C@@H](C)CN)c(I)c1.Cl. The number of nitrogens with two attached hydrogens (primary N) is 1. The van der Waals surface area contributed by atoms with Crippen LogP contribution in [0.2, 0.25) is 0 Å². The molecule has 3 N–H and O–H groups in total. The molecule has 0 bridgehead atoms. The van der Waals surface area contributed by atoms with E-state index >= 15 is 0 Å². The third-order valence-electron chi connectivity index (χ3n) is 2.15. The first-order valence-corrected chi connectivity index (χ1v) is 6.00. The summed E-state index contributed by atoms with van der Waals surface area (Å²) in [6.07, 6.45) is 0. The summed E-state index contributed by atoms with van der Waals surface area (Å²) in [5.41, 5.74) is 6.09. The molecule has 0 heterocycles. The molecule has 0 aliphatic heterocycles. The minimum atomic E-state index is -0.106. The highest BCUT2D eigenvalue weighted by Crippen LogP contribution is 2.19. The Morgan fingerprint density at radius 2 is 2.24 bits per heavy atom. The maximum atomic E-state index is 11.8. The molecule has 6 heteroatoms. The zero-order valence-electron chi connectivity index (χ0n) is 9.70. The van der Waals surface area contributed by atoms with Crippen LogP contribution in [0.5, 0.6) is 5.75 Å². The highest BCUT2D eigenvalue weighted by molar-refractivity contribution is 14.1. The van der Waals surface area contributed by atoms with Crippen LogP contribution in [-0.4, -0.2) is 25.6 Å². The summed E-state index contributed by atoms with van der Waals surface area (Å²) in [5.74, 6) is 0.637. The molecule has 0 unspecified atom stereocenters. The van der Waals surface area contributed by atoms with Crippen molar-refractivity contribution in [3.8, 4) is 5.75 Å². The first-order chi connectivity index (χ1) is 7.58. The molecule has 4 nitrogen and oxygen atoms in total. The number of ether oxygens (including phenoxy) is 1. The maximum Gasteiger partial charge on any atom is 0.252 e. The lowest BCUT2D eigenvalue weighted by Gasteiger charge is -2.12. The number of hydrogen-bond acceptors (Lipinski definition) is 3. The second kappa shape index (κ2) is 7.73. The van der Waals surface area contributed by atoms with Crippen molar-refractivity contribution in [2.75, 3.05) is 13.7 Å². The number of carbonyl (C=O) groups is 1. The molecule has 0 aromatic heterocycles. The van der Waals surface area contributed by atoms with Gasteiger partial charge in [-0.3, -0.25) is 4.79 Å². The molecule has 0 aliphatic carbocycles. The van der Waals surface area contributed by atoms with Gasteiger partial charge in [0.05, 0.1) is 12.7 Å². The molecule has 0 radical (unpaired) electrons. The Balaban J connectivity index is 0.00000256. The Morgan fingerprint density at radius 3 is 2.71 bits per heavy atom. The van der Waals surface area contributed by atoms with E-state index in [4.69, 9.17) is 10.5 Å². The van der Waals surface area contributed by atoms with Crippen LogP contribution in [0.4, 0.5) is 0 Å². The second-order valence-electron chi connectivity index (χ2n) is 3.46. The number of benzene rings is 1. The first kappa shape index (κ1) is 16.5. The summed E-state index contributed by atoms with van der Waals surface area (Å²) in [7, 11) is 1.60. The Morgan fingerprint density at radius 1 is 1.59 bits per heavy atom. The third-order valence-corrected chi connectivity index (χ3v) is 3.04. The largest absolute Gasteiger partial charge is 0.497 e. The third kappa shape index (κ3) is 4.69. The highest BCUT2D eigenvalue weighted by Gasteiger charge is 2.12. The van der Waals surface area contributed by atoms with Gasteiger partial charge in [0.15, 0.2) is 0 Å². The number of methoxy groups -OCH3 is 1. The quantitative estimate of drug-likeness (QED) is 0.795. The number of carbonyl (C=O) groups excluding carboxylic acids is 1. The molecule has 17 heavy (non-hydrogen) atoms. The number of rotatable bonds is 4. The Labute approximate surface area is 121 Å². The van der Waals surface area contributed by atoms with Crippen LogP contribution in [0.3, 0.4) is 0 Å². The van der Waals surface area contributed by atoms with Crippen molar-refractivity contribution in [1.82, 2.24) is 5.32 Å². The van der Waals surface area contributed by atoms with Crippen LogP contribution in [0.1, 0.15) is 17.3 Å². The fraction of sp³-hybridized carbons (Fsp3) is 0.364. The summed E-state index contributed by atoms with van der Waals surface area (Å²) in [6.45, 7) is 2.30. The molecule has 0 saturated carbocycles. The number of halogens is 2. The second-order valence-corrected chi connectivity index (χ2v) is 4.62. The lowest BCUT2D eigenvalue weighted by Crippen LogP contribution is -2.38. The van der Waals surface area contributed by atoms with Crippen LogP contribution in [-0.2, 0) is 0 Å². The molecule has 1 amide bonds. The standard InChI is InChI=1S/C11H15IN2O2.ClH/c1-7(6-13)14-11(15)9-4-3-8(16-2)5-10(9)12;/h3-5,7H,6,13H2,1-2H3,(H,14,15);1H/t7-;/m0./s1. The highest BCUT2D eigenvalue weighted by atomic mass is 127. The fourth-order valence-corrected chi connectivity index (χ4v) is 1.90. The average Bonchev–Trinajstić information content (AvgIpc) is 2.28. The number of nitrogens with one attached hydrogen (secondary N) is 1. The maximum absolute atomic E-state index is 11.8. The van der Waals surface area contributed by atoms with Crippen LogP contribution in [0.25, 0.3) is 0 Å². The molecular formula is C11H16ClIN2O2. The van der Waals surface area contributed by atoms with Gasteiger partial charge in [-0.2, -0.15) is 0 Å². The Kier molecular flexibility index (Phi) is 7.49. The summed E-state index contributed by atoms with van der Waals surface area (Å²) in [6, 6.07) is 5.32. The predicted molar refractivity (Wildman–Crippen MR) is 78.9 cm³/mol. The molecule has 1 rings (SSSR count). The smallest absolute Gasteiger partial charge is 0.252 e. The zero-order valence-corrected chi connectivity index (χ0v) is 12.7. The normalized spacial score (nSPS) is 11.3. The van der Waals surface area contributed by atoms with Gasteiger partial charge < -0.3 is 15.8 Å². The van der Waals surface area contributed by atoms with Crippen molar-refractivity contribution in [3.63, 3.8) is 0 Å². The van der Waals surface area contributed by atoms with Crippen LogP contribution < -0.4 is 15.8 Å². The Bertz CT molecular complexity index is 388. The van der Waals surface area contributed by atoms with Gasteiger partial charge in [0.1, 0.15) is 5.75 Å². The van der Waals surface area contributed by atoms with E-state index in [0.717, 1.165) is 9.32 Å². The monoisotopic (exact) mass is 370 g/mol. The van der Waals surface area contributed by atoms with E-state index in [9.17, 15) is 4.79 Å². The van der Waals surface area contributed by atoms with Gasteiger partial charge in [-0.1, -0.05) is 0 Å². The predicted octanol–water partition coefficient (Wildman–Crippen LogP) is 1.80. The van der Waals surface area contributed by atoms with Crippen LogP contribution >= 0.6 is 35.0 Å². The molecule has 1 aromatic rings. The minimum Gasteiger partial charge on any atom is -0.497 e. The molecule has 0 saturated heterocycles. The van der Waals surface area contributed by atoms with Gasteiger partial charge in [-0.05, 0) is 47.7 Å². The fourth-order valence-electron chi connectivity index (χ4n) is 1.17.